The minimum absolute atomic E-state index is 0.294. The highest BCUT2D eigenvalue weighted by atomic mass is 79.9. The van der Waals surface area contributed by atoms with Crippen LogP contribution in [0, 0.1) is 5.82 Å². The smallest absolute Gasteiger partial charge is 0.338 e. The zero-order valence-electron chi connectivity index (χ0n) is 11.3. The summed E-state index contributed by atoms with van der Waals surface area (Å²) in [5.41, 5.74) is 7.39. The van der Waals surface area contributed by atoms with E-state index in [9.17, 15) is 9.18 Å². The fourth-order valence-electron chi connectivity index (χ4n) is 1.75. The molecule has 3 N–H and O–H groups in total. The van der Waals surface area contributed by atoms with Crippen LogP contribution in [0.25, 0.3) is 0 Å². The number of hydrogen-bond donors (Lipinski definition) is 2. The highest BCUT2D eigenvalue weighted by molar-refractivity contribution is 9.10. The van der Waals surface area contributed by atoms with Crippen LogP contribution in [0.4, 0.5) is 21.5 Å². The Kier molecular flexibility index (Phi) is 4.80. The van der Waals surface area contributed by atoms with E-state index in [1.54, 1.807) is 31.2 Å². The molecular weight excluding hydrogens is 339 g/mol. The number of halogens is 2. The van der Waals surface area contributed by atoms with Crippen LogP contribution in [0.3, 0.4) is 0 Å². The largest absolute Gasteiger partial charge is 0.462 e. The van der Waals surface area contributed by atoms with Gasteiger partial charge in [0.2, 0.25) is 0 Å². The number of ether oxygens (including phenoxy) is 1. The fourth-order valence-corrected chi connectivity index (χ4v) is 2.09. The van der Waals surface area contributed by atoms with Crippen LogP contribution in [0.2, 0.25) is 0 Å². The average Bonchev–Trinajstić information content (AvgIpc) is 2.44. The zero-order chi connectivity index (χ0) is 15.4. The second-order valence-electron chi connectivity index (χ2n) is 4.27. The number of nitrogen functional groups attached to an aromatic ring is 1. The third-order valence-electron chi connectivity index (χ3n) is 2.76. The number of benzene rings is 2. The van der Waals surface area contributed by atoms with Gasteiger partial charge in [-0.2, -0.15) is 0 Å². The first-order valence-corrected chi connectivity index (χ1v) is 7.09. The molecule has 0 atom stereocenters. The van der Waals surface area contributed by atoms with Gasteiger partial charge in [-0.15, -0.1) is 0 Å². The molecule has 4 nitrogen and oxygen atoms in total. The Morgan fingerprint density at radius 3 is 2.62 bits per heavy atom. The summed E-state index contributed by atoms with van der Waals surface area (Å²) in [5, 5.41) is 2.89. The van der Waals surface area contributed by atoms with Crippen molar-refractivity contribution in [3.05, 3.63) is 52.3 Å². The lowest BCUT2D eigenvalue weighted by atomic mass is 10.1. The third kappa shape index (κ3) is 3.72. The van der Waals surface area contributed by atoms with Gasteiger partial charge in [0.15, 0.2) is 0 Å². The van der Waals surface area contributed by atoms with Gasteiger partial charge in [-0.1, -0.05) is 15.9 Å². The Hall–Kier alpha value is -2.08. The van der Waals surface area contributed by atoms with Gasteiger partial charge in [-0.25, -0.2) is 9.18 Å². The normalized spacial score (nSPS) is 10.2. The van der Waals surface area contributed by atoms with E-state index in [0.717, 1.165) is 0 Å². The highest BCUT2D eigenvalue weighted by Gasteiger charge is 2.10. The van der Waals surface area contributed by atoms with Crippen LogP contribution < -0.4 is 11.1 Å². The van der Waals surface area contributed by atoms with Crippen LogP contribution in [-0.2, 0) is 4.74 Å². The zero-order valence-corrected chi connectivity index (χ0v) is 12.9. The molecule has 0 aromatic heterocycles. The van der Waals surface area contributed by atoms with Crippen molar-refractivity contribution in [2.24, 2.45) is 0 Å². The van der Waals surface area contributed by atoms with Gasteiger partial charge in [-0.3, -0.25) is 0 Å². The van der Waals surface area contributed by atoms with Crippen molar-refractivity contribution in [1.82, 2.24) is 0 Å². The van der Waals surface area contributed by atoms with Crippen LogP contribution in [-0.4, -0.2) is 12.6 Å². The van der Waals surface area contributed by atoms with Crippen LogP contribution >= 0.6 is 15.9 Å². The van der Waals surface area contributed by atoms with E-state index < -0.39 is 11.8 Å². The van der Waals surface area contributed by atoms with Gasteiger partial charge in [0.25, 0.3) is 0 Å². The number of nitrogens with one attached hydrogen (secondary N) is 1. The Labute approximate surface area is 130 Å². The number of carbonyl (C=O) groups is 1. The molecule has 0 heterocycles. The summed E-state index contributed by atoms with van der Waals surface area (Å²) < 4.78 is 19.3. The molecule has 0 spiro atoms. The lowest BCUT2D eigenvalue weighted by Crippen LogP contribution is -2.06. The monoisotopic (exact) mass is 352 g/mol. The first-order valence-electron chi connectivity index (χ1n) is 6.30. The summed E-state index contributed by atoms with van der Waals surface area (Å²) in [6.07, 6.45) is 0. The maximum Gasteiger partial charge on any atom is 0.338 e. The number of esters is 1. The Balaban J connectivity index is 2.23. The van der Waals surface area contributed by atoms with Crippen molar-refractivity contribution in [3.8, 4) is 0 Å². The van der Waals surface area contributed by atoms with Crippen molar-refractivity contribution in [2.45, 2.75) is 6.92 Å². The molecule has 2 aromatic carbocycles. The Morgan fingerprint density at radius 1 is 1.29 bits per heavy atom. The van der Waals surface area contributed by atoms with Crippen LogP contribution in [0.5, 0.6) is 0 Å². The van der Waals surface area contributed by atoms with Gasteiger partial charge in [-0.05, 0) is 43.3 Å². The van der Waals surface area contributed by atoms with E-state index in [1.807, 2.05) is 0 Å². The van der Waals surface area contributed by atoms with E-state index in [4.69, 9.17) is 10.5 Å². The minimum Gasteiger partial charge on any atom is -0.462 e. The fraction of sp³-hybridized carbons (Fsp3) is 0.133. The van der Waals surface area contributed by atoms with Gasteiger partial charge in [0.05, 0.1) is 29.2 Å². The Morgan fingerprint density at radius 2 is 2.00 bits per heavy atom. The van der Waals surface area contributed by atoms with Gasteiger partial charge >= 0.3 is 5.97 Å². The van der Waals surface area contributed by atoms with Crippen molar-refractivity contribution in [2.75, 3.05) is 17.7 Å². The van der Waals surface area contributed by atoms with Gasteiger partial charge in [0, 0.05) is 4.47 Å². The summed E-state index contributed by atoms with van der Waals surface area (Å²) >= 11 is 3.19. The lowest BCUT2D eigenvalue weighted by Gasteiger charge is -2.11. The molecule has 110 valence electrons. The summed E-state index contributed by atoms with van der Waals surface area (Å²) in [5.74, 6) is -0.844. The average molecular weight is 353 g/mol. The minimum atomic E-state index is -0.439. The van der Waals surface area contributed by atoms with E-state index in [0.29, 0.717) is 33.7 Å². The number of carbonyl (C=O) groups excluding carboxylic acids is 1. The van der Waals surface area contributed by atoms with Crippen LogP contribution in [0.15, 0.2) is 40.9 Å². The molecule has 0 aliphatic heterocycles. The standard InChI is InChI=1S/C15H14BrFN2O2/c1-2-21-15(20)9-3-5-14(12(18)7-9)19-13-6-4-10(16)8-11(13)17/h3-8,19H,2,18H2,1H3. The molecule has 2 rings (SSSR count). The maximum absolute atomic E-state index is 13.8. The predicted molar refractivity (Wildman–Crippen MR) is 84.2 cm³/mol. The SMILES string of the molecule is CCOC(=O)c1ccc(Nc2ccc(Br)cc2F)c(N)c1. The summed E-state index contributed by atoms with van der Waals surface area (Å²) in [6.45, 7) is 2.02. The summed E-state index contributed by atoms with van der Waals surface area (Å²) in [6, 6.07) is 9.35. The molecular formula is C15H14BrFN2O2. The number of hydrogen-bond acceptors (Lipinski definition) is 4. The molecule has 0 amide bonds. The molecule has 0 bridgehead atoms. The molecule has 21 heavy (non-hydrogen) atoms. The number of anilines is 3. The topological polar surface area (TPSA) is 64.3 Å². The lowest BCUT2D eigenvalue weighted by molar-refractivity contribution is 0.0526. The summed E-state index contributed by atoms with van der Waals surface area (Å²) in [4.78, 5) is 11.6. The first-order chi connectivity index (χ1) is 10.0. The molecule has 0 saturated carbocycles. The molecule has 0 fully saturated rings. The Bertz CT molecular complexity index is 677. The number of nitrogens with two attached hydrogens (primary N) is 1. The van der Waals surface area contributed by atoms with Crippen molar-refractivity contribution < 1.29 is 13.9 Å². The van der Waals surface area contributed by atoms with Crippen molar-refractivity contribution in [1.29, 1.82) is 0 Å². The predicted octanol–water partition coefficient (Wildman–Crippen LogP) is 4.09. The van der Waals surface area contributed by atoms with Crippen molar-refractivity contribution >= 4 is 39.0 Å². The van der Waals surface area contributed by atoms with E-state index >= 15 is 0 Å². The quantitative estimate of drug-likeness (QED) is 0.642. The first kappa shape index (κ1) is 15.3. The second kappa shape index (κ2) is 6.58. The van der Waals surface area contributed by atoms with Crippen molar-refractivity contribution in [3.63, 3.8) is 0 Å². The molecule has 0 unspecified atom stereocenters. The van der Waals surface area contributed by atoms with E-state index in [-0.39, 0.29) is 0 Å². The highest BCUT2D eigenvalue weighted by Crippen LogP contribution is 2.27. The van der Waals surface area contributed by atoms with Crippen LogP contribution in [0.1, 0.15) is 17.3 Å². The summed E-state index contributed by atoms with van der Waals surface area (Å²) in [7, 11) is 0. The van der Waals surface area contributed by atoms with E-state index in [1.165, 1.54) is 12.1 Å². The van der Waals surface area contributed by atoms with Gasteiger partial charge in [0.1, 0.15) is 5.82 Å². The molecule has 6 heteroatoms. The number of rotatable bonds is 4. The molecule has 0 saturated heterocycles. The maximum atomic E-state index is 13.8. The molecule has 0 aliphatic carbocycles. The second-order valence-corrected chi connectivity index (χ2v) is 5.19. The molecule has 0 radical (unpaired) electrons. The molecule has 2 aromatic rings. The molecule has 0 aliphatic rings. The third-order valence-corrected chi connectivity index (χ3v) is 3.26. The van der Waals surface area contributed by atoms with Gasteiger partial charge < -0.3 is 15.8 Å². The van der Waals surface area contributed by atoms with E-state index in [2.05, 4.69) is 21.2 Å².